The monoisotopic (exact) mass is 372 g/mol. The minimum atomic E-state index is -0.384. The quantitative estimate of drug-likeness (QED) is 0.858. The van der Waals surface area contributed by atoms with Crippen LogP contribution >= 0.6 is 11.6 Å². The van der Waals surface area contributed by atoms with Gasteiger partial charge in [0.05, 0.1) is 12.0 Å². The Bertz CT molecular complexity index is 788. The van der Waals surface area contributed by atoms with Crippen LogP contribution in [0.2, 0.25) is 5.02 Å². The number of carbonyl (C=O) groups is 2. The standard InChI is InChI=1S/C20H21ClN2O3/c1-13(2)26-18-9-5-16(6-10-18)22-20(25)14-11-19(24)23(12-14)17-7-3-15(21)4-8-17/h3-10,13-14H,11-12H2,1-2H3,(H,22,25)/t14-/m0/s1. The molecule has 0 aromatic heterocycles. The van der Waals surface area contributed by atoms with Crippen molar-refractivity contribution in [3.63, 3.8) is 0 Å². The number of nitrogens with zero attached hydrogens (tertiary/aromatic N) is 1. The summed E-state index contributed by atoms with van der Waals surface area (Å²) in [6.45, 7) is 4.28. The number of hydrogen-bond acceptors (Lipinski definition) is 3. The zero-order chi connectivity index (χ0) is 18.7. The summed E-state index contributed by atoms with van der Waals surface area (Å²) in [6.07, 6.45) is 0.294. The second kappa shape index (κ2) is 7.79. The summed E-state index contributed by atoms with van der Waals surface area (Å²) in [6, 6.07) is 14.3. The predicted molar refractivity (Wildman–Crippen MR) is 103 cm³/mol. The first kappa shape index (κ1) is 18.3. The average molecular weight is 373 g/mol. The van der Waals surface area contributed by atoms with Crippen molar-refractivity contribution in [3.05, 3.63) is 53.6 Å². The van der Waals surface area contributed by atoms with Crippen LogP contribution in [-0.4, -0.2) is 24.5 Å². The van der Waals surface area contributed by atoms with Crippen LogP contribution in [-0.2, 0) is 9.59 Å². The Kier molecular flexibility index (Phi) is 5.47. The molecule has 1 heterocycles. The van der Waals surface area contributed by atoms with E-state index in [-0.39, 0.29) is 30.3 Å². The van der Waals surface area contributed by atoms with Crippen LogP contribution in [0, 0.1) is 5.92 Å². The van der Waals surface area contributed by atoms with E-state index in [0.29, 0.717) is 17.3 Å². The molecule has 1 N–H and O–H groups in total. The molecule has 0 radical (unpaired) electrons. The number of ether oxygens (including phenoxy) is 1. The SMILES string of the molecule is CC(C)Oc1ccc(NC(=O)[C@H]2CC(=O)N(c3ccc(Cl)cc3)C2)cc1. The van der Waals surface area contributed by atoms with Crippen LogP contribution in [0.3, 0.4) is 0 Å². The second-order valence-corrected chi connectivity index (χ2v) is 7.00. The first-order chi connectivity index (χ1) is 12.4. The topological polar surface area (TPSA) is 58.6 Å². The van der Waals surface area contributed by atoms with Crippen LogP contribution in [0.1, 0.15) is 20.3 Å². The maximum atomic E-state index is 12.5. The smallest absolute Gasteiger partial charge is 0.229 e. The number of anilines is 2. The fraction of sp³-hybridized carbons (Fsp3) is 0.300. The highest BCUT2D eigenvalue weighted by Crippen LogP contribution is 2.27. The Morgan fingerprint density at radius 2 is 1.81 bits per heavy atom. The number of rotatable bonds is 5. The summed E-state index contributed by atoms with van der Waals surface area (Å²) in [5.41, 5.74) is 1.44. The number of nitrogens with one attached hydrogen (secondary N) is 1. The third-order valence-electron chi connectivity index (χ3n) is 4.13. The maximum Gasteiger partial charge on any atom is 0.229 e. The molecule has 1 aliphatic heterocycles. The number of halogens is 1. The van der Waals surface area contributed by atoms with Gasteiger partial charge in [0.15, 0.2) is 0 Å². The molecule has 1 aliphatic rings. The molecule has 2 amide bonds. The molecule has 0 spiro atoms. The molecule has 6 heteroatoms. The van der Waals surface area contributed by atoms with E-state index in [1.807, 2.05) is 26.0 Å². The van der Waals surface area contributed by atoms with Crippen molar-refractivity contribution in [3.8, 4) is 5.75 Å². The fourth-order valence-electron chi connectivity index (χ4n) is 2.89. The minimum Gasteiger partial charge on any atom is -0.491 e. The lowest BCUT2D eigenvalue weighted by atomic mass is 10.1. The molecule has 2 aromatic rings. The molecule has 5 nitrogen and oxygen atoms in total. The first-order valence-corrected chi connectivity index (χ1v) is 8.93. The van der Waals surface area contributed by atoms with Crippen molar-refractivity contribution >= 4 is 34.8 Å². The van der Waals surface area contributed by atoms with E-state index in [2.05, 4.69) is 5.32 Å². The van der Waals surface area contributed by atoms with Crippen molar-refractivity contribution in [2.45, 2.75) is 26.4 Å². The summed E-state index contributed by atoms with van der Waals surface area (Å²) in [4.78, 5) is 26.4. The lowest BCUT2D eigenvalue weighted by Crippen LogP contribution is -2.28. The fourth-order valence-corrected chi connectivity index (χ4v) is 3.01. The molecular formula is C20H21ClN2O3. The molecule has 1 fully saturated rings. The van der Waals surface area contributed by atoms with Gasteiger partial charge < -0.3 is 15.0 Å². The van der Waals surface area contributed by atoms with Gasteiger partial charge in [0, 0.05) is 29.4 Å². The van der Waals surface area contributed by atoms with Gasteiger partial charge in [-0.25, -0.2) is 0 Å². The third-order valence-corrected chi connectivity index (χ3v) is 4.38. The molecule has 3 rings (SSSR count). The molecule has 0 aliphatic carbocycles. The van der Waals surface area contributed by atoms with Gasteiger partial charge in [0.1, 0.15) is 5.75 Å². The lowest BCUT2D eigenvalue weighted by molar-refractivity contribution is -0.122. The van der Waals surface area contributed by atoms with Gasteiger partial charge in [-0.15, -0.1) is 0 Å². The van der Waals surface area contributed by atoms with E-state index >= 15 is 0 Å². The zero-order valence-corrected chi connectivity index (χ0v) is 15.5. The largest absolute Gasteiger partial charge is 0.491 e. The van der Waals surface area contributed by atoms with E-state index in [0.717, 1.165) is 11.4 Å². The van der Waals surface area contributed by atoms with Crippen molar-refractivity contribution in [2.24, 2.45) is 5.92 Å². The number of benzene rings is 2. The molecule has 0 bridgehead atoms. The molecule has 136 valence electrons. The highest BCUT2D eigenvalue weighted by atomic mass is 35.5. The van der Waals surface area contributed by atoms with Gasteiger partial charge in [-0.3, -0.25) is 9.59 Å². The average Bonchev–Trinajstić information content (AvgIpc) is 2.99. The van der Waals surface area contributed by atoms with Crippen molar-refractivity contribution in [1.82, 2.24) is 0 Å². The zero-order valence-electron chi connectivity index (χ0n) is 14.7. The summed E-state index contributed by atoms with van der Waals surface area (Å²) >= 11 is 5.89. The third kappa shape index (κ3) is 4.35. The Morgan fingerprint density at radius 3 is 2.42 bits per heavy atom. The Hall–Kier alpha value is -2.53. The molecule has 26 heavy (non-hydrogen) atoms. The van der Waals surface area contributed by atoms with Gasteiger partial charge in [-0.2, -0.15) is 0 Å². The van der Waals surface area contributed by atoms with Crippen LogP contribution in [0.25, 0.3) is 0 Å². The molecule has 1 atom stereocenters. The highest BCUT2D eigenvalue weighted by molar-refractivity contribution is 6.30. The van der Waals surface area contributed by atoms with Crippen molar-refractivity contribution < 1.29 is 14.3 Å². The number of amides is 2. The van der Waals surface area contributed by atoms with Gasteiger partial charge in [-0.1, -0.05) is 11.6 Å². The summed E-state index contributed by atoms with van der Waals surface area (Å²) in [5.74, 6) is 0.147. The summed E-state index contributed by atoms with van der Waals surface area (Å²) < 4.78 is 5.59. The van der Waals surface area contributed by atoms with Gasteiger partial charge >= 0.3 is 0 Å². The second-order valence-electron chi connectivity index (χ2n) is 6.56. The highest BCUT2D eigenvalue weighted by Gasteiger charge is 2.35. The Labute approximate surface area is 157 Å². The van der Waals surface area contributed by atoms with Crippen molar-refractivity contribution in [1.29, 1.82) is 0 Å². The predicted octanol–water partition coefficient (Wildman–Crippen LogP) is 4.12. The van der Waals surface area contributed by atoms with Crippen LogP contribution in [0.5, 0.6) is 5.75 Å². The molecular weight excluding hydrogens is 352 g/mol. The van der Waals surface area contributed by atoms with Gasteiger partial charge in [-0.05, 0) is 62.4 Å². The minimum absolute atomic E-state index is 0.0619. The van der Waals surface area contributed by atoms with Crippen LogP contribution < -0.4 is 15.0 Å². The van der Waals surface area contributed by atoms with E-state index in [1.54, 1.807) is 41.3 Å². The maximum absolute atomic E-state index is 12.5. The molecule has 1 saturated heterocycles. The molecule has 0 unspecified atom stereocenters. The van der Waals surface area contributed by atoms with E-state index in [4.69, 9.17) is 16.3 Å². The normalized spacial score (nSPS) is 16.8. The Balaban J connectivity index is 1.62. The van der Waals surface area contributed by atoms with E-state index in [9.17, 15) is 9.59 Å². The summed E-state index contributed by atoms with van der Waals surface area (Å²) in [5, 5.41) is 3.48. The summed E-state index contributed by atoms with van der Waals surface area (Å²) in [7, 11) is 0. The lowest BCUT2D eigenvalue weighted by Gasteiger charge is -2.17. The van der Waals surface area contributed by atoms with E-state index in [1.165, 1.54) is 0 Å². The first-order valence-electron chi connectivity index (χ1n) is 8.56. The van der Waals surface area contributed by atoms with E-state index < -0.39 is 0 Å². The molecule has 0 saturated carbocycles. The van der Waals surface area contributed by atoms with Crippen LogP contribution in [0.15, 0.2) is 48.5 Å². The van der Waals surface area contributed by atoms with Crippen LogP contribution in [0.4, 0.5) is 11.4 Å². The number of carbonyl (C=O) groups excluding carboxylic acids is 2. The van der Waals surface area contributed by atoms with Crippen molar-refractivity contribution in [2.75, 3.05) is 16.8 Å². The van der Waals surface area contributed by atoms with Gasteiger partial charge in [0.25, 0.3) is 0 Å². The van der Waals surface area contributed by atoms with Gasteiger partial charge in [0.2, 0.25) is 11.8 Å². The Morgan fingerprint density at radius 1 is 1.15 bits per heavy atom. The molecule has 2 aromatic carbocycles. The number of hydrogen-bond donors (Lipinski definition) is 1.